The Bertz CT molecular complexity index is 275. The Hall–Kier alpha value is -0.860. The van der Waals surface area contributed by atoms with Gasteiger partial charge in [-0.05, 0) is 24.5 Å². The fraction of sp³-hybridized carbons (Fsp3) is 0.500. The molecule has 1 unspecified atom stereocenters. The molecule has 2 nitrogen and oxygen atoms in total. The molecule has 14 heavy (non-hydrogen) atoms. The fourth-order valence-electron chi connectivity index (χ4n) is 1.41. The zero-order valence-electron chi connectivity index (χ0n) is 9.21. The Morgan fingerprint density at radius 2 is 1.86 bits per heavy atom. The molecule has 2 heteroatoms. The zero-order chi connectivity index (χ0) is 10.6. The second-order valence-corrected chi connectivity index (χ2v) is 3.69. The topological polar surface area (TPSA) is 35.2 Å². The summed E-state index contributed by atoms with van der Waals surface area (Å²) in [5.41, 5.74) is 7.82. The van der Waals surface area contributed by atoms with E-state index in [1.54, 1.807) is 7.11 Å². The molecule has 1 aromatic rings. The SMILES string of the molecule is CCc1ccc(C(C)(CN)OC)cc1. The lowest BCUT2D eigenvalue weighted by atomic mass is 9.94. The minimum atomic E-state index is -0.355. The van der Waals surface area contributed by atoms with Gasteiger partial charge in [0.2, 0.25) is 0 Å². The Morgan fingerprint density at radius 3 is 2.21 bits per heavy atom. The van der Waals surface area contributed by atoms with E-state index in [4.69, 9.17) is 10.5 Å². The molecule has 2 N–H and O–H groups in total. The number of rotatable bonds is 4. The number of methoxy groups -OCH3 is 1. The van der Waals surface area contributed by atoms with Crippen LogP contribution in [0.15, 0.2) is 24.3 Å². The van der Waals surface area contributed by atoms with Crippen molar-refractivity contribution in [2.24, 2.45) is 5.73 Å². The first-order chi connectivity index (χ1) is 6.66. The van der Waals surface area contributed by atoms with Crippen LogP contribution in [0, 0.1) is 0 Å². The highest BCUT2D eigenvalue weighted by molar-refractivity contribution is 5.27. The van der Waals surface area contributed by atoms with E-state index in [1.807, 2.05) is 6.92 Å². The van der Waals surface area contributed by atoms with Gasteiger partial charge in [0.25, 0.3) is 0 Å². The van der Waals surface area contributed by atoms with E-state index in [0.717, 1.165) is 12.0 Å². The van der Waals surface area contributed by atoms with E-state index in [-0.39, 0.29) is 5.60 Å². The van der Waals surface area contributed by atoms with Crippen LogP contribution in [0.2, 0.25) is 0 Å². The molecule has 0 spiro atoms. The molecule has 0 aliphatic rings. The molecule has 0 aliphatic heterocycles. The molecule has 1 aromatic carbocycles. The molecule has 0 saturated carbocycles. The van der Waals surface area contributed by atoms with Crippen LogP contribution >= 0.6 is 0 Å². The molecule has 0 heterocycles. The summed E-state index contributed by atoms with van der Waals surface area (Å²) in [6.45, 7) is 4.65. The largest absolute Gasteiger partial charge is 0.372 e. The summed E-state index contributed by atoms with van der Waals surface area (Å²) in [7, 11) is 1.70. The second-order valence-electron chi connectivity index (χ2n) is 3.69. The summed E-state index contributed by atoms with van der Waals surface area (Å²) in [5, 5.41) is 0. The predicted molar refractivity (Wildman–Crippen MR) is 59.2 cm³/mol. The highest BCUT2D eigenvalue weighted by Gasteiger charge is 2.23. The van der Waals surface area contributed by atoms with Crippen LogP contribution in [-0.2, 0) is 16.8 Å². The first-order valence-corrected chi connectivity index (χ1v) is 5.01. The molecule has 0 aliphatic carbocycles. The zero-order valence-corrected chi connectivity index (χ0v) is 9.21. The third kappa shape index (κ3) is 2.14. The van der Waals surface area contributed by atoms with Gasteiger partial charge in [-0.25, -0.2) is 0 Å². The standard InChI is InChI=1S/C12H19NO/c1-4-10-5-7-11(8-6-10)12(2,9-13)14-3/h5-8H,4,9,13H2,1-3H3. The maximum atomic E-state index is 5.70. The van der Waals surface area contributed by atoms with Crippen molar-refractivity contribution in [3.05, 3.63) is 35.4 Å². The predicted octanol–water partition coefficient (Wildman–Crippen LogP) is 2.07. The van der Waals surface area contributed by atoms with Crippen LogP contribution in [-0.4, -0.2) is 13.7 Å². The van der Waals surface area contributed by atoms with Crippen LogP contribution in [0.4, 0.5) is 0 Å². The summed E-state index contributed by atoms with van der Waals surface area (Å²) >= 11 is 0. The lowest BCUT2D eigenvalue weighted by Crippen LogP contribution is -2.33. The van der Waals surface area contributed by atoms with Crippen molar-refractivity contribution in [1.29, 1.82) is 0 Å². The number of ether oxygens (including phenoxy) is 1. The first kappa shape index (κ1) is 11.2. The summed E-state index contributed by atoms with van der Waals surface area (Å²) in [4.78, 5) is 0. The van der Waals surface area contributed by atoms with E-state index < -0.39 is 0 Å². The van der Waals surface area contributed by atoms with E-state index in [2.05, 4.69) is 31.2 Å². The minimum Gasteiger partial charge on any atom is -0.372 e. The fourth-order valence-corrected chi connectivity index (χ4v) is 1.41. The number of aryl methyl sites for hydroxylation is 1. The van der Waals surface area contributed by atoms with Crippen LogP contribution in [0.5, 0.6) is 0 Å². The summed E-state index contributed by atoms with van der Waals surface area (Å²) in [5.74, 6) is 0. The third-order valence-electron chi connectivity index (χ3n) is 2.81. The van der Waals surface area contributed by atoms with Crippen molar-refractivity contribution in [3.63, 3.8) is 0 Å². The summed E-state index contributed by atoms with van der Waals surface area (Å²) in [6, 6.07) is 8.44. The van der Waals surface area contributed by atoms with Crippen molar-refractivity contribution < 1.29 is 4.74 Å². The van der Waals surface area contributed by atoms with Crippen LogP contribution in [0.1, 0.15) is 25.0 Å². The van der Waals surface area contributed by atoms with Gasteiger partial charge >= 0.3 is 0 Å². The van der Waals surface area contributed by atoms with Gasteiger partial charge in [-0.1, -0.05) is 31.2 Å². The maximum Gasteiger partial charge on any atom is 0.102 e. The molecule has 0 aromatic heterocycles. The van der Waals surface area contributed by atoms with Crippen molar-refractivity contribution in [2.45, 2.75) is 25.9 Å². The van der Waals surface area contributed by atoms with Gasteiger partial charge in [-0.3, -0.25) is 0 Å². The van der Waals surface area contributed by atoms with E-state index in [1.165, 1.54) is 5.56 Å². The normalized spacial score (nSPS) is 15.1. The molecular weight excluding hydrogens is 174 g/mol. The molecule has 0 saturated heterocycles. The molecule has 0 bridgehead atoms. The second kappa shape index (κ2) is 4.58. The highest BCUT2D eigenvalue weighted by atomic mass is 16.5. The van der Waals surface area contributed by atoms with Crippen molar-refractivity contribution in [2.75, 3.05) is 13.7 Å². The maximum absolute atomic E-state index is 5.70. The lowest BCUT2D eigenvalue weighted by molar-refractivity contribution is 0.0101. The number of hydrogen-bond donors (Lipinski definition) is 1. The van der Waals surface area contributed by atoms with E-state index >= 15 is 0 Å². The molecule has 1 rings (SSSR count). The summed E-state index contributed by atoms with van der Waals surface area (Å²) in [6.07, 6.45) is 1.06. The molecule has 0 fully saturated rings. The quantitative estimate of drug-likeness (QED) is 0.794. The third-order valence-corrected chi connectivity index (χ3v) is 2.81. The monoisotopic (exact) mass is 193 g/mol. The summed E-state index contributed by atoms with van der Waals surface area (Å²) < 4.78 is 5.42. The molecular formula is C12H19NO. The van der Waals surface area contributed by atoms with Gasteiger partial charge in [0.15, 0.2) is 0 Å². The van der Waals surface area contributed by atoms with Gasteiger partial charge in [0.1, 0.15) is 5.60 Å². The first-order valence-electron chi connectivity index (χ1n) is 5.01. The van der Waals surface area contributed by atoms with E-state index in [9.17, 15) is 0 Å². The molecule has 0 radical (unpaired) electrons. The van der Waals surface area contributed by atoms with Gasteiger partial charge in [0, 0.05) is 13.7 Å². The van der Waals surface area contributed by atoms with Gasteiger partial charge in [-0.15, -0.1) is 0 Å². The van der Waals surface area contributed by atoms with Crippen LogP contribution in [0.3, 0.4) is 0 Å². The molecule has 78 valence electrons. The van der Waals surface area contributed by atoms with Gasteiger partial charge in [-0.2, -0.15) is 0 Å². The van der Waals surface area contributed by atoms with Crippen molar-refractivity contribution in [1.82, 2.24) is 0 Å². The van der Waals surface area contributed by atoms with Crippen LogP contribution in [0.25, 0.3) is 0 Å². The number of benzene rings is 1. The minimum absolute atomic E-state index is 0.355. The molecule has 0 amide bonds. The Kier molecular flexibility index (Phi) is 3.67. The average molecular weight is 193 g/mol. The van der Waals surface area contributed by atoms with Crippen LogP contribution < -0.4 is 5.73 Å². The van der Waals surface area contributed by atoms with Crippen molar-refractivity contribution in [3.8, 4) is 0 Å². The smallest absolute Gasteiger partial charge is 0.102 e. The number of nitrogens with two attached hydrogens (primary N) is 1. The Labute approximate surface area is 86.1 Å². The van der Waals surface area contributed by atoms with E-state index in [0.29, 0.717) is 6.54 Å². The molecule has 1 atom stereocenters. The van der Waals surface area contributed by atoms with Crippen molar-refractivity contribution >= 4 is 0 Å². The number of hydrogen-bond acceptors (Lipinski definition) is 2. The Morgan fingerprint density at radius 1 is 1.29 bits per heavy atom. The average Bonchev–Trinajstić information content (AvgIpc) is 2.28. The van der Waals surface area contributed by atoms with Gasteiger partial charge < -0.3 is 10.5 Å². The highest BCUT2D eigenvalue weighted by Crippen LogP contribution is 2.23. The Balaban J connectivity index is 2.95. The lowest BCUT2D eigenvalue weighted by Gasteiger charge is -2.27. The van der Waals surface area contributed by atoms with Gasteiger partial charge in [0.05, 0.1) is 0 Å².